The highest BCUT2D eigenvalue weighted by Crippen LogP contribution is 2.26. The summed E-state index contributed by atoms with van der Waals surface area (Å²) >= 11 is 1.79. The summed E-state index contributed by atoms with van der Waals surface area (Å²) in [6, 6.07) is 20.8. The third-order valence-electron chi connectivity index (χ3n) is 1.72. The molecule has 3 heteroatoms. The average molecular weight is 259 g/mol. The lowest BCUT2D eigenvalue weighted by Crippen LogP contribution is -1.70. The molecule has 0 saturated carbocycles. The number of rotatable bonds is 2. The summed E-state index contributed by atoms with van der Waals surface area (Å²) in [5.74, 6) is 0. The Hall–Kier alpha value is -0.630. The number of benzene rings is 2. The van der Waals surface area contributed by atoms with Crippen LogP contribution >= 0.6 is 36.6 Å². The van der Waals surface area contributed by atoms with Gasteiger partial charge in [-0.25, -0.2) is 0 Å². The third-order valence-corrected chi connectivity index (χ3v) is 2.74. The zero-order valence-corrected chi connectivity index (χ0v) is 10.4. The van der Waals surface area contributed by atoms with Gasteiger partial charge in [0.05, 0.1) is 0 Å². The molecule has 0 amide bonds. The van der Waals surface area contributed by atoms with E-state index in [0.29, 0.717) is 0 Å². The predicted molar refractivity (Wildman–Crippen MR) is 71.5 cm³/mol. The molecule has 2 rings (SSSR count). The van der Waals surface area contributed by atoms with Gasteiger partial charge in [-0.2, -0.15) is 0 Å². The van der Waals surface area contributed by atoms with Gasteiger partial charge in [0.15, 0.2) is 0 Å². The Bertz CT molecular complexity index is 324. The van der Waals surface area contributed by atoms with Crippen LogP contribution < -0.4 is 0 Å². The first kappa shape index (κ1) is 14.4. The molecule has 0 N–H and O–H groups in total. The van der Waals surface area contributed by atoms with E-state index in [-0.39, 0.29) is 24.8 Å². The molecular weight excluding hydrogens is 247 g/mol. The molecule has 0 fully saturated rings. The minimum absolute atomic E-state index is 0. The molecule has 0 atom stereocenters. The molecule has 0 nitrogen and oxygen atoms in total. The summed E-state index contributed by atoms with van der Waals surface area (Å²) in [6.07, 6.45) is 0. The summed E-state index contributed by atoms with van der Waals surface area (Å²) in [5.41, 5.74) is 0. The van der Waals surface area contributed by atoms with E-state index >= 15 is 0 Å². The first-order valence-corrected chi connectivity index (χ1v) is 5.05. The van der Waals surface area contributed by atoms with Crippen molar-refractivity contribution in [2.24, 2.45) is 0 Å². The van der Waals surface area contributed by atoms with E-state index < -0.39 is 0 Å². The van der Waals surface area contributed by atoms with Crippen molar-refractivity contribution in [1.82, 2.24) is 0 Å². The van der Waals surface area contributed by atoms with E-state index in [1.165, 1.54) is 9.79 Å². The van der Waals surface area contributed by atoms with E-state index in [4.69, 9.17) is 0 Å². The Kier molecular flexibility index (Phi) is 7.31. The minimum Gasteiger partial charge on any atom is -0.147 e. The maximum atomic E-state index is 2.12. The summed E-state index contributed by atoms with van der Waals surface area (Å²) in [6.45, 7) is 0. The summed E-state index contributed by atoms with van der Waals surface area (Å²) < 4.78 is 0. The van der Waals surface area contributed by atoms with Crippen molar-refractivity contribution in [2.45, 2.75) is 9.79 Å². The molecule has 0 aliphatic heterocycles. The maximum Gasteiger partial charge on any atom is 0.0122 e. The molecule has 0 heterocycles. The topological polar surface area (TPSA) is 0 Å². The van der Waals surface area contributed by atoms with Crippen molar-refractivity contribution in [3.63, 3.8) is 0 Å². The number of hydrogen-bond donors (Lipinski definition) is 0. The lowest BCUT2D eigenvalue weighted by atomic mass is 10.4. The molecule has 2 aromatic carbocycles. The van der Waals surface area contributed by atoms with Crippen LogP contribution in [0.25, 0.3) is 0 Å². The lowest BCUT2D eigenvalue weighted by Gasteiger charge is -1.99. The molecule has 0 saturated heterocycles. The van der Waals surface area contributed by atoms with Crippen molar-refractivity contribution in [1.29, 1.82) is 0 Å². The first-order chi connectivity index (χ1) is 6.45. The zero-order chi connectivity index (χ0) is 8.93. The van der Waals surface area contributed by atoms with Crippen molar-refractivity contribution in [2.75, 3.05) is 0 Å². The highest BCUT2D eigenvalue weighted by atomic mass is 35.5. The second-order valence-corrected chi connectivity index (χ2v) is 3.88. The largest absolute Gasteiger partial charge is 0.147 e. The van der Waals surface area contributed by atoms with Gasteiger partial charge in [0.1, 0.15) is 0 Å². The van der Waals surface area contributed by atoms with Gasteiger partial charge >= 0.3 is 0 Å². The average Bonchev–Trinajstić information content (AvgIpc) is 2.21. The van der Waals surface area contributed by atoms with Crippen molar-refractivity contribution in [3.8, 4) is 0 Å². The SMILES string of the molecule is Cl.Cl.c1ccc(Sc2ccccc2)cc1. The molecule has 0 bridgehead atoms. The van der Waals surface area contributed by atoms with Crippen LogP contribution in [0.2, 0.25) is 0 Å². The molecule has 0 unspecified atom stereocenters. The molecule has 0 aliphatic rings. The fraction of sp³-hybridized carbons (Fsp3) is 0. The van der Waals surface area contributed by atoms with E-state index in [0.717, 1.165) is 0 Å². The standard InChI is InChI=1S/C12H10S.2ClH/c1-3-7-11(8-4-1)13-12-9-5-2-6-10-12;;/h1-10H;2*1H. The molecule has 80 valence electrons. The molecular formula is C12H12Cl2S. The van der Waals surface area contributed by atoms with E-state index in [1.807, 2.05) is 12.1 Å². The third kappa shape index (κ3) is 4.61. The minimum atomic E-state index is 0. The second-order valence-electron chi connectivity index (χ2n) is 2.73. The zero-order valence-electron chi connectivity index (χ0n) is 8.00. The molecule has 2 aromatic rings. The van der Waals surface area contributed by atoms with Crippen molar-refractivity contribution in [3.05, 3.63) is 60.7 Å². The van der Waals surface area contributed by atoms with Gasteiger partial charge in [-0.15, -0.1) is 24.8 Å². The van der Waals surface area contributed by atoms with Crippen LogP contribution in [0.15, 0.2) is 70.5 Å². The molecule has 0 spiro atoms. The Balaban J connectivity index is 0.000000980. The lowest BCUT2D eigenvalue weighted by molar-refractivity contribution is 1.41. The van der Waals surface area contributed by atoms with Gasteiger partial charge in [-0.1, -0.05) is 48.2 Å². The van der Waals surface area contributed by atoms with Gasteiger partial charge < -0.3 is 0 Å². The highest BCUT2D eigenvalue weighted by molar-refractivity contribution is 7.99. The van der Waals surface area contributed by atoms with Crippen molar-refractivity contribution >= 4 is 36.6 Å². The normalized spacial score (nSPS) is 8.53. The number of hydrogen-bond acceptors (Lipinski definition) is 1. The Morgan fingerprint density at radius 3 is 1.20 bits per heavy atom. The Labute approximate surface area is 107 Å². The van der Waals surface area contributed by atoms with Gasteiger partial charge in [0.25, 0.3) is 0 Å². The quantitative estimate of drug-likeness (QED) is 0.754. The first-order valence-electron chi connectivity index (χ1n) is 4.23. The fourth-order valence-corrected chi connectivity index (χ4v) is 1.97. The van der Waals surface area contributed by atoms with Crippen LogP contribution in [0, 0.1) is 0 Å². The van der Waals surface area contributed by atoms with Crippen LogP contribution in [0.3, 0.4) is 0 Å². The second kappa shape index (κ2) is 7.63. The smallest absolute Gasteiger partial charge is 0.0122 e. The Morgan fingerprint density at radius 2 is 0.867 bits per heavy atom. The highest BCUT2D eigenvalue weighted by Gasteiger charge is 1.93. The van der Waals surface area contributed by atoms with E-state index in [9.17, 15) is 0 Å². The summed E-state index contributed by atoms with van der Waals surface area (Å²) in [5, 5.41) is 0. The van der Waals surface area contributed by atoms with E-state index in [2.05, 4.69) is 48.5 Å². The van der Waals surface area contributed by atoms with Gasteiger partial charge in [-0.3, -0.25) is 0 Å². The molecule has 0 aromatic heterocycles. The Morgan fingerprint density at radius 1 is 0.533 bits per heavy atom. The fourth-order valence-electron chi connectivity index (χ4n) is 1.11. The van der Waals surface area contributed by atoms with Crippen LogP contribution in [-0.4, -0.2) is 0 Å². The predicted octanol–water partition coefficient (Wildman–Crippen LogP) is 4.68. The number of halogens is 2. The van der Waals surface area contributed by atoms with Crippen LogP contribution in [0.4, 0.5) is 0 Å². The molecule has 0 radical (unpaired) electrons. The molecule has 0 aliphatic carbocycles. The van der Waals surface area contributed by atoms with Crippen LogP contribution in [-0.2, 0) is 0 Å². The monoisotopic (exact) mass is 258 g/mol. The van der Waals surface area contributed by atoms with E-state index in [1.54, 1.807) is 11.8 Å². The van der Waals surface area contributed by atoms with Crippen LogP contribution in [0.1, 0.15) is 0 Å². The molecule has 15 heavy (non-hydrogen) atoms. The van der Waals surface area contributed by atoms with Gasteiger partial charge in [0, 0.05) is 9.79 Å². The summed E-state index contributed by atoms with van der Waals surface area (Å²) in [4.78, 5) is 2.57. The van der Waals surface area contributed by atoms with Gasteiger partial charge in [0.2, 0.25) is 0 Å². The van der Waals surface area contributed by atoms with Crippen molar-refractivity contribution < 1.29 is 0 Å². The summed E-state index contributed by atoms with van der Waals surface area (Å²) in [7, 11) is 0. The van der Waals surface area contributed by atoms with Crippen LogP contribution in [0.5, 0.6) is 0 Å². The van der Waals surface area contributed by atoms with Gasteiger partial charge in [-0.05, 0) is 24.3 Å². The maximum absolute atomic E-state index is 2.12.